The minimum atomic E-state index is -0.281. The predicted molar refractivity (Wildman–Crippen MR) is 82.0 cm³/mol. The lowest BCUT2D eigenvalue weighted by atomic mass is 10.1. The van der Waals surface area contributed by atoms with E-state index in [-0.39, 0.29) is 5.91 Å². The van der Waals surface area contributed by atoms with Crippen LogP contribution in [0.1, 0.15) is 22.8 Å². The zero-order valence-electron chi connectivity index (χ0n) is 10.9. The smallest absolute Gasteiger partial charge is 0.271 e. The number of nitrogens with one attached hydrogen (secondary N) is 1. The summed E-state index contributed by atoms with van der Waals surface area (Å²) < 4.78 is 0. The topological polar surface area (TPSA) is 67.5 Å². The number of benzene rings is 2. The molecule has 0 fully saturated rings. The second kappa shape index (κ2) is 6.21. The van der Waals surface area contributed by atoms with Crippen LogP contribution >= 0.6 is 11.6 Å². The van der Waals surface area contributed by atoms with E-state index in [1.54, 1.807) is 36.4 Å². The third-order valence-electron chi connectivity index (χ3n) is 2.76. The second-order valence-corrected chi connectivity index (χ2v) is 4.70. The van der Waals surface area contributed by atoms with Crippen LogP contribution in [0.5, 0.6) is 0 Å². The van der Waals surface area contributed by atoms with Crippen molar-refractivity contribution in [2.24, 2.45) is 5.10 Å². The number of anilines is 1. The Morgan fingerprint density at radius 1 is 1.05 bits per heavy atom. The molecule has 2 rings (SSSR count). The Hall–Kier alpha value is -2.33. The van der Waals surface area contributed by atoms with Gasteiger partial charge in [-0.05, 0) is 48.9 Å². The highest BCUT2D eigenvalue weighted by atomic mass is 35.5. The van der Waals surface area contributed by atoms with Crippen molar-refractivity contribution >= 4 is 28.9 Å². The van der Waals surface area contributed by atoms with E-state index in [4.69, 9.17) is 17.3 Å². The Bertz CT molecular complexity index is 633. The lowest BCUT2D eigenvalue weighted by molar-refractivity contribution is 0.0955. The minimum absolute atomic E-state index is 0.281. The van der Waals surface area contributed by atoms with E-state index in [1.165, 1.54) is 0 Å². The Balaban J connectivity index is 2.06. The largest absolute Gasteiger partial charge is 0.399 e. The average molecular weight is 288 g/mol. The highest BCUT2D eigenvalue weighted by Gasteiger charge is 2.04. The van der Waals surface area contributed by atoms with Crippen molar-refractivity contribution in [3.8, 4) is 0 Å². The van der Waals surface area contributed by atoms with Crippen molar-refractivity contribution in [3.05, 3.63) is 64.7 Å². The number of nitrogen functional groups attached to an aromatic ring is 1. The van der Waals surface area contributed by atoms with Crippen LogP contribution < -0.4 is 11.2 Å². The SMILES string of the molecule is CC(=NNC(=O)c1ccc(Cl)cc1)c1ccc(N)cc1. The van der Waals surface area contributed by atoms with Crippen LogP contribution in [0.25, 0.3) is 0 Å². The van der Waals surface area contributed by atoms with Gasteiger partial charge in [0.15, 0.2) is 0 Å². The number of amides is 1. The summed E-state index contributed by atoms with van der Waals surface area (Å²) in [6.45, 7) is 1.81. The van der Waals surface area contributed by atoms with E-state index >= 15 is 0 Å². The molecular weight excluding hydrogens is 274 g/mol. The van der Waals surface area contributed by atoms with Gasteiger partial charge in [-0.3, -0.25) is 4.79 Å². The molecule has 0 unspecified atom stereocenters. The number of hydrazone groups is 1. The molecule has 0 spiro atoms. The molecule has 102 valence electrons. The fraction of sp³-hybridized carbons (Fsp3) is 0.0667. The van der Waals surface area contributed by atoms with Gasteiger partial charge in [0.05, 0.1) is 5.71 Å². The number of halogens is 1. The minimum Gasteiger partial charge on any atom is -0.399 e. The van der Waals surface area contributed by atoms with Crippen molar-refractivity contribution < 1.29 is 4.79 Å². The van der Waals surface area contributed by atoms with Crippen LogP contribution in [-0.4, -0.2) is 11.6 Å². The van der Waals surface area contributed by atoms with E-state index in [1.807, 2.05) is 19.1 Å². The van der Waals surface area contributed by atoms with Crippen molar-refractivity contribution in [1.82, 2.24) is 5.43 Å². The zero-order valence-corrected chi connectivity index (χ0v) is 11.7. The molecule has 20 heavy (non-hydrogen) atoms. The highest BCUT2D eigenvalue weighted by Crippen LogP contribution is 2.09. The third kappa shape index (κ3) is 3.59. The van der Waals surface area contributed by atoms with Crippen LogP contribution in [0.3, 0.4) is 0 Å². The molecule has 1 amide bonds. The van der Waals surface area contributed by atoms with Gasteiger partial charge in [-0.1, -0.05) is 23.7 Å². The summed E-state index contributed by atoms with van der Waals surface area (Å²) >= 11 is 5.77. The van der Waals surface area contributed by atoms with Crippen LogP contribution in [-0.2, 0) is 0 Å². The van der Waals surface area contributed by atoms with E-state index in [2.05, 4.69) is 10.5 Å². The standard InChI is InChI=1S/C15H14ClN3O/c1-10(11-4-8-14(17)9-5-11)18-19-15(20)12-2-6-13(16)7-3-12/h2-9H,17H2,1H3,(H,19,20). The maximum absolute atomic E-state index is 11.9. The molecule has 0 aliphatic heterocycles. The average Bonchev–Trinajstić information content (AvgIpc) is 2.46. The molecule has 4 nitrogen and oxygen atoms in total. The van der Waals surface area contributed by atoms with E-state index in [0.717, 1.165) is 5.56 Å². The number of hydrogen-bond donors (Lipinski definition) is 2. The second-order valence-electron chi connectivity index (χ2n) is 4.27. The lowest BCUT2D eigenvalue weighted by Crippen LogP contribution is -2.19. The van der Waals surface area contributed by atoms with Gasteiger partial charge in [0.1, 0.15) is 0 Å². The predicted octanol–water partition coefficient (Wildman–Crippen LogP) is 3.08. The summed E-state index contributed by atoms with van der Waals surface area (Å²) in [5.41, 5.74) is 10.9. The van der Waals surface area contributed by atoms with Crippen molar-refractivity contribution in [3.63, 3.8) is 0 Å². The van der Waals surface area contributed by atoms with E-state index in [0.29, 0.717) is 22.0 Å². The number of carbonyl (C=O) groups is 1. The molecule has 0 aromatic heterocycles. The van der Waals surface area contributed by atoms with Crippen LogP contribution in [0, 0.1) is 0 Å². The van der Waals surface area contributed by atoms with Gasteiger partial charge in [0, 0.05) is 16.3 Å². The Morgan fingerprint density at radius 2 is 1.60 bits per heavy atom. The number of hydrogen-bond acceptors (Lipinski definition) is 3. The van der Waals surface area contributed by atoms with Gasteiger partial charge in [0.25, 0.3) is 5.91 Å². The zero-order chi connectivity index (χ0) is 14.5. The summed E-state index contributed by atoms with van der Waals surface area (Å²) in [6.07, 6.45) is 0. The first kappa shape index (κ1) is 14.1. The third-order valence-corrected chi connectivity index (χ3v) is 3.01. The molecule has 0 bridgehead atoms. The molecule has 0 atom stereocenters. The monoisotopic (exact) mass is 287 g/mol. The molecule has 3 N–H and O–H groups in total. The first-order valence-electron chi connectivity index (χ1n) is 6.02. The van der Waals surface area contributed by atoms with Crippen LogP contribution in [0.4, 0.5) is 5.69 Å². The van der Waals surface area contributed by atoms with E-state index in [9.17, 15) is 4.79 Å². The summed E-state index contributed by atoms with van der Waals surface area (Å²) in [5.74, 6) is -0.281. The van der Waals surface area contributed by atoms with Gasteiger partial charge in [0.2, 0.25) is 0 Å². The summed E-state index contributed by atoms with van der Waals surface area (Å²) in [7, 11) is 0. The number of rotatable bonds is 3. The van der Waals surface area contributed by atoms with Gasteiger partial charge in [-0.2, -0.15) is 5.10 Å². The fourth-order valence-electron chi connectivity index (χ4n) is 1.59. The molecule has 0 saturated heterocycles. The maximum Gasteiger partial charge on any atom is 0.271 e. The van der Waals surface area contributed by atoms with Crippen molar-refractivity contribution in [2.45, 2.75) is 6.92 Å². The van der Waals surface area contributed by atoms with Gasteiger partial charge >= 0.3 is 0 Å². The number of nitrogens with two attached hydrogens (primary N) is 1. The first-order valence-corrected chi connectivity index (χ1v) is 6.40. The fourth-order valence-corrected chi connectivity index (χ4v) is 1.72. The van der Waals surface area contributed by atoms with Crippen LogP contribution in [0.2, 0.25) is 5.02 Å². The summed E-state index contributed by atoms with van der Waals surface area (Å²) in [5, 5.41) is 4.65. The molecule has 0 radical (unpaired) electrons. The van der Waals surface area contributed by atoms with Gasteiger partial charge in [-0.15, -0.1) is 0 Å². The summed E-state index contributed by atoms with van der Waals surface area (Å²) in [4.78, 5) is 11.9. The maximum atomic E-state index is 11.9. The van der Waals surface area contributed by atoms with Crippen molar-refractivity contribution in [1.29, 1.82) is 0 Å². The lowest BCUT2D eigenvalue weighted by Gasteiger charge is -2.03. The molecule has 0 heterocycles. The number of nitrogens with zero attached hydrogens (tertiary/aromatic N) is 1. The molecule has 0 aliphatic rings. The van der Waals surface area contributed by atoms with Gasteiger partial charge < -0.3 is 5.73 Å². The quantitative estimate of drug-likeness (QED) is 0.517. The van der Waals surface area contributed by atoms with Crippen LogP contribution in [0.15, 0.2) is 53.6 Å². The normalized spacial score (nSPS) is 11.2. The highest BCUT2D eigenvalue weighted by molar-refractivity contribution is 6.30. The molecule has 5 heteroatoms. The number of carbonyl (C=O) groups excluding carboxylic acids is 1. The first-order chi connectivity index (χ1) is 9.56. The van der Waals surface area contributed by atoms with Gasteiger partial charge in [-0.25, -0.2) is 5.43 Å². The molecule has 2 aromatic rings. The Morgan fingerprint density at radius 3 is 2.20 bits per heavy atom. The van der Waals surface area contributed by atoms with Crippen molar-refractivity contribution in [2.75, 3.05) is 5.73 Å². The Labute approximate surface area is 122 Å². The molecule has 0 aliphatic carbocycles. The molecule has 2 aromatic carbocycles. The summed E-state index contributed by atoms with van der Waals surface area (Å²) in [6, 6.07) is 13.9. The Kier molecular flexibility index (Phi) is 4.38. The molecule has 0 saturated carbocycles. The molecular formula is C15H14ClN3O. The van der Waals surface area contributed by atoms with E-state index < -0.39 is 0 Å².